The molecule has 0 unspecified atom stereocenters. The summed E-state index contributed by atoms with van der Waals surface area (Å²) in [6, 6.07) is 9.33. The van der Waals surface area contributed by atoms with Crippen molar-refractivity contribution in [2.45, 2.75) is 11.8 Å². The van der Waals surface area contributed by atoms with Gasteiger partial charge in [-0.1, -0.05) is 16.8 Å². The molecule has 0 atom stereocenters. The molecule has 2 aromatic heterocycles. The average molecular weight is 339 g/mol. The quantitative estimate of drug-likeness (QED) is 0.784. The largest absolute Gasteiger partial charge is 0.456 e. The summed E-state index contributed by atoms with van der Waals surface area (Å²) >= 11 is 5.78. The van der Waals surface area contributed by atoms with Crippen LogP contribution in [0.2, 0.25) is 5.02 Å². The third kappa shape index (κ3) is 2.86. The van der Waals surface area contributed by atoms with Crippen molar-refractivity contribution >= 4 is 27.3 Å². The van der Waals surface area contributed by atoms with Gasteiger partial charge in [0.25, 0.3) is 10.0 Å². The Balaban J connectivity index is 1.94. The summed E-state index contributed by atoms with van der Waals surface area (Å²) < 4.78 is 37.7. The molecule has 1 aromatic carbocycles. The molecular formula is C14H11ClN2O4S. The molecule has 0 saturated heterocycles. The fraction of sp³-hybridized carbons (Fsp3) is 0.0714. The highest BCUT2D eigenvalue weighted by molar-refractivity contribution is 7.92. The Morgan fingerprint density at radius 2 is 1.86 bits per heavy atom. The molecule has 114 valence electrons. The standard InChI is InChI=1S/C14H11ClN2O4S/c1-9-14(8-13(20-9)12-6-7-16-21-12)22(18,19)17-11-4-2-10(15)3-5-11/h2-8,17H,1H3. The first kappa shape index (κ1) is 14.7. The smallest absolute Gasteiger partial charge is 0.265 e. The molecule has 0 radical (unpaired) electrons. The third-order valence-electron chi connectivity index (χ3n) is 2.94. The van der Waals surface area contributed by atoms with Gasteiger partial charge in [0.1, 0.15) is 10.7 Å². The van der Waals surface area contributed by atoms with Gasteiger partial charge in [-0.05, 0) is 31.2 Å². The molecule has 0 aliphatic carbocycles. The number of sulfonamides is 1. The van der Waals surface area contributed by atoms with Crippen LogP contribution >= 0.6 is 11.6 Å². The minimum Gasteiger partial charge on any atom is -0.456 e. The van der Waals surface area contributed by atoms with Crippen molar-refractivity contribution in [1.82, 2.24) is 5.16 Å². The van der Waals surface area contributed by atoms with E-state index >= 15 is 0 Å². The molecule has 3 rings (SSSR count). The number of benzene rings is 1. The second kappa shape index (κ2) is 5.51. The van der Waals surface area contributed by atoms with Crippen molar-refractivity contribution in [3.63, 3.8) is 0 Å². The third-order valence-corrected chi connectivity index (χ3v) is 4.68. The van der Waals surface area contributed by atoms with Crippen LogP contribution in [-0.4, -0.2) is 13.6 Å². The van der Waals surface area contributed by atoms with E-state index in [1.165, 1.54) is 12.3 Å². The Morgan fingerprint density at radius 3 is 2.50 bits per heavy atom. The number of halogens is 1. The lowest BCUT2D eigenvalue weighted by Gasteiger charge is -2.06. The van der Waals surface area contributed by atoms with E-state index in [2.05, 4.69) is 9.88 Å². The predicted molar refractivity (Wildman–Crippen MR) is 81.2 cm³/mol. The van der Waals surface area contributed by atoms with Crippen molar-refractivity contribution in [3.8, 4) is 11.5 Å². The van der Waals surface area contributed by atoms with Crippen LogP contribution in [-0.2, 0) is 10.0 Å². The molecule has 0 bridgehead atoms. The molecule has 3 aromatic rings. The van der Waals surface area contributed by atoms with Crippen LogP contribution in [0.4, 0.5) is 5.69 Å². The molecule has 6 nitrogen and oxygen atoms in total. The number of furan rings is 1. The van der Waals surface area contributed by atoms with Crippen molar-refractivity contribution < 1.29 is 17.4 Å². The number of hydrogen-bond donors (Lipinski definition) is 1. The predicted octanol–water partition coefficient (Wildman–Crippen LogP) is 3.70. The molecule has 0 amide bonds. The minimum atomic E-state index is -3.78. The molecular weight excluding hydrogens is 328 g/mol. The zero-order valence-corrected chi connectivity index (χ0v) is 13.0. The summed E-state index contributed by atoms with van der Waals surface area (Å²) in [7, 11) is -3.78. The number of nitrogens with zero attached hydrogens (tertiary/aromatic N) is 1. The van der Waals surface area contributed by atoms with Crippen LogP contribution in [0.3, 0.4) is 0 Å². The van der Waals surface area contributed by atoms with E-state index in [1.54, 1.807) is 37.3 Å². The lowest BCUT2D eigenvalue weighted by molar-refractivity contribution is 0.414. The molecule has 1 N–H and O–H groups in total. The number of hydrogen-bond acceptors (Lipinski definition) is 5. The van der Waals surface area contributed by atoms with Gasteiger partial charge in [0.15, 0.2) is 5.76 Å². The van der Waals surface area contributed by atoms with Crippen molar-refractivity contribution in [2.75, 3.05) is 4.72 Å². The maximum absolute atomic E-state index is 12.4. The summed E-state index contributed by atoms with van der Waals surface area (Å²) in [4.78, 5) is 0.0360. The summed E-state index contributed by atoms with van der Waals surface area (Å²) in [6.45, 7) is 1.57. The Hall–Kier alpha value is -2.25. The monoisotopic (exact) mass is 338 g/mol. The maximum Gasteiger partial charge on any atom is 0.265 e. The SMILES string of the molecule is Cc1oc(-c2ccno2)cc1S(=O)(=O)Nc1ccc(Cl)cc1. The molecule has 22 heavy (non-hydrogen) atoms. The lowest BCUT2D eigenvalue weighted by atomic mass is 10.3. The molecule has 8 heteroatoms. The highest BCUT2D eigenvalue weighted by Gasteiger charge is 2.23. The second-order valence-corrected chi connectivity index (χ2v) is 6.61. The first-order valence-electron chi connectivity index (χ1n) is 6.25. The number of aromatic nitrogens is 1. The number of aryl methyl sites for hydroxylation is 1. The summed E-state index contributed by atoms with van der Waals surface area (Å²) in [6.07, 6.45) is 1.45. The van der Waals surface area contributed by atoms with Crippen LogP contribution in [0, 0.1) is 6.92 Å². The van der Waals surface area contributed by atoms with Crippen molar-refractivity contribution in [1.29, 1.82) is 0 Å². The van der Waals surface area contributed by atoms with Gasteiger partial charge in [-0.3, -0.25) is 4.72 Å². The van der Waals surface area contributed by atoms with Gasteiger partial charge < -0.3 is 8.94 Å². The van der Waals surface area contributed by atoms with Crippen LogP contribution in [0.15, 0.2) is 56.4 Å². The minimum absolute atomic E-state index is 0.0360. The topological polar surface area (TPSA) is 85.3 Å². The van der Waals surface area contributed by atoms with Crippen LogP contribution in [0.1, 0.15) is 5.76 Å². The van der Waals surface area contributed by atoms with Crippen molar-refractivity contribution in [3.05, 3.63) is 53.4 Å². The molecule has 0 aliphatic rings. The highest BCUT2D eigenvalue weighted by Crippen LogP contribution is 2.29. The van der Waals surface area contributed by atoms with E-state index in [0.717, 1.165) is 0 Å². The highest BCUT2D eigenvalue weighted by atomic mass is 35.5. The fourth-order valence-electron chi connectivity index (χ4n) is 1.92. The van der Waals surface area contributed by atoms with Gasteiger partial charge >= 0.3 is 0 Å². The molecule has 0 saturated carbocycles. The van der Waals surface area contributed by atoms with E-state index in [9.17, 15) is 8.42 Å². The fourth-order valence-corrected chi connectivity index (χ4v) is 3.29. The normalized spacial score (nSPS) is 11.5. The zero-order valence-electron chi connectivity index (χ0n) is 11.4. The summed E-state index contributed by atoms with van der Waals surface area (Å²) in [5.74, 6) is 0.912. The average Bonchev–Trinajstić information content (AvgIpc) is 3.10. The maximum atomic E-state index is 12.4. The van der Waals surface area contributed by atoms with Crippen LogP contribution in [0.25, 0.3) is 11.5 Å². The number of rotatable bonds is 4. The zero-order chi connectivity index (χ0) is 15.7. The van der Waals surface area contributed by atoms with Gasteiger partial charge in [0.05, 0.1) is 6.20 Å². The first-order valence-corrected chi connectivity index (χ1v) is 8.12. The van der Waals surface area contributed by atoms with Gasteiger partial charge in [-0.2, -0.15) is 0 Å². The number of anilines is 1. The second-order valence-electron chi connectivity index (χ2n) is 4.52. The van der Waals surface area contributed by atoms with Crippen molar-refractivity contribution in [2.24, 2.45) is 0 Å². The van der Waals surface area contributed by atoms with E-state index in [4.69, 9.17) is 20.5 Å². The summed E-state index contributed by atoms with van der Waals surface area (Å²) in [5.41, 5.74) is 0.409. The first-order chi connectivity index (χ1) is 10.5. The Bertz CT molecular complexity index is 884. The van der Waals surface area contributed by atoms with Crippen LogP contribution in [0.5, 0.6) is 0 Å². The molecule has 0 aliphatic heterocycles. The summed E-state index contributed by atoms with van der Waals surface area (Å²) in [5, 5.41) is 4.09. The number of nitrogens with one attached hydrogen (secondary N) is 1. The molecule has 0 spiro atoms. The van der Waals surface area contributed by atoms with Gasteiger partial charge in [-0.25, -0.2) is 8.42 Å². The van der Waals surface area contributed by atoms with E-state index in [0.29, 0.717) is 22.2 Å². The van der Waals surface area contributed by atoms with E-state index in [1.807, 2.05) is 0 Å². The molecule has 0 fully saturated rings. The van der Waals surface area contributed by atoms with Gasteiger partial charge in [0.2, 0.25) is 5.76 Å². The van der Waals surface area contributed by atoms with E-state index < -0.39 is 10.0 Å². The Labute approximate surface area is 131 Å². The van der Waals surface area contributed by atoms with Crippen LogP contribution < -0.4 is 4.72 Å². The lowest BCUT2D eigenvalue weighted by Crippen LogP contribution is -2.13. The molecule has 2 heterocycles. The Morgan fingerprint density at radius 1 is 1.14 bits per heavy atom. The Kier molecular flexibility index (Phi) is 3.67. The van der Waals surface area contributed by atoms with Gasteiger partial charge in [0, 0.05) is 22.8 Å². The van der Waals surface area contributed by atoms with Gasteiger partial charge in [-0.15, -0.1) is 0 Å². The van der Waals surface area contributed by atoms with E-state index in [-0.39, 0.29) is 10.7 Å².